The summed E-state index contributed by atoms with van der Waals surface area (Å²) in [6.45, 7) is 2.83. The molecule has 1 N–H and O–H groups in total. The molecule has 3 aromatic rings. The zero-order chi connectivity index (χ0) is 13.2. The molecule has 0 aliphatic carbocycles. The first-order valence-corrected chi connectivity index (χ1v) is 6.95. The second-order valence-electron chi connectivity index (χ2n) is 4.16. The minimum absolute atomic E-state index is 0.324. The first-order chi connectivity index (χ1) is 9.26. The third kappa shape index (κ3) is 2.44. The Morgan fingerprint density at radius 1 is 1.37 bits per heavy atom. The maximum absolute atomic E-state index is 13.0. The van der Waals surface area contributed by atoms with E-state index in [1.807, 2.05) is 0 Å². The summed E-state index contributed by atoms with van der Waals surface area (Å²) in [5.41, 5.74) is 1.97. The average molecular weight is 276 g/mol. The van der Waals surface area contributed by atoms with Crippen molar-refractivity contribution in [3.05, 3.63) is 46.0 Å². The Morgan fingerprint density at radius 3 is 3.11 bits per heavy atom. The Balaban J connectivity index is 1.78. The third-order valence-electron chi connectivity index (χ3n) is 2.92. The highest BCUT2D eigenvalue weighted by Crippen LogP contribution is 2.18. The second-order valence-corrected chi connectivity index (χ2v) is 5.16. The highest BCUT2D eigenvalue weighted by atomic mass is 32.1. The van der Waals surface area contributed by atoms with E-state index in [1.165, 1.54) is 27.2 Å². The Morgan fingerprint density at radius 2 is 2.26 bits per heavy atom. The minimum atomic E-state index is -0.324. The lowest BCUT2D eigenvalue weighted by Crippen LogP contribution is -2.01. The summed E-state index contributed by atoms with van der Waals surface area (Å²) < 4.78 is 14.5. The number of nitrogens with zero attached hydrogens (tertiary/aromatic N) is 3. The van der Waals surface area contributed by atoms with Crippen LogP contribution in [0.2, 0.25) is 0 Å². The molecule has 0 bridgehead atoms. The molecule has 3 rings (SSSR count). The van der Waals surface area contributed by atoms with Crippen LogP contribution in [0, 0.1) is 5.82 Å². The number of hydrogen-bond acceptors (Lipinski definition) is 4. The van der Waals surface area contributed by atoms with Gasteiger partial charge >= 0.3 is 0 Å². The molecule has 0 amide bonds. The molecule has 3 heterocycles. The van der Waals surface area contributed by atoms with Crippen LogP contribution in [0.1, 0.15) is 17.4 Å². The molecular formula is C13H13FN4S. The Labute approximate surface area is 113 Å². The van der Waals surface area contributed by atoms with E-state index in [2.05, 4.69) is 33.8 Å². The Hall–Kier alpha value is -1.95. The number of thiophene rings is 1. The normalized spacial score (nSPS) is 11.1. The Kier molecular flexibility index (Phi) is 3.16. The largest absolute Gasteiger partial charge is 0.348 e. The van der Waals surface area contributed by atoms with Gasteiger partial charge in [-0.2, -0.15) is 4.98 Å². The van der Waals surface area contributed by atoms with E-state index in [4.69, 9.17) is 0 Å². The zero-order valence-corrected chi connectivity index (χ0v) is 11.2. The number of nitrogens with one attached hydrogen (secondary N) is 1. The van der Waals surface area contributed by atoms with E-state index in [-0.39, 0.29) is 5.82 Å². The maximum atomic E-state index is 13.0. The van der Waals surface area contributed by atoms with Crippen LogP contribution in [0.3, 0.4) is 0 Å². The van der Waals surface area contributed by atoms with Gasteiger partial charge in [-0.05, 0) is 35.6 Å². The summed E-state index contributed by atoms with van der Waals surface area (Å²) in [7, 11) is 0. The summed E-state index contributed by atoms with van der Waals surface area (Å²) in [6, 6.07) is 5.12. The highest BCUT2D eigenvalue weighted by molar-refractivity contribution is 7.10. The third-order valence-corrected chi connectivity index (χ3v) is 3.88. The van der Waals surface area contributed by atoms with Gasteiger partial charge in [-0.3, -0.25) is 0 Å². The second kappa shape index (κ2) is 4.97. The molecule has 0 spiro atoms. The van der Waals surface area contributed by atoms with E-state index >= 15 is 0 Å². The molecule has 0 atom stereocenters. The van der Waals surface area contributed by atoms with Crippen LogP contribution in [0.4, 0.5) is 10.3 Å². The average Bonchev–Trinajstić information content (AvgIpc) is 3.01. The van der Waals surface area contributed by atoms with Crippen LogP contribution in [0.5, 0.6) is 0 Å². The van der Waals surface area contributed by atoms with Crippen molar-refractivity contribution in [2.75, 3.05) is 5.32 Å². The van der Waals surface area contributed by atoms with Crippen molar-refractivity contribution in [1.29, 1.82) is 0 Å². The van der Waals surface area contributed by atoms with Gasteiger partial charge in [-0.25, -0.2) is 8.91 Å². The molecule has 0 saturated heterocycles. The molecule has 3 aromatic heterocycles. The van der Waals surface area contributed by atoms with Crippen LogP contribution in [0.25, 0.3) is 5.65 Å². The van der Waals surface area contributed by atoms with Gasteiger partial charge in [-0.1, -0.05) is 6.92 Å². The number of anilines is 1. The molecular weight excluding hydrogens is 263 g/mol. The Bertz CT molecular complexity index is 704. The first kappa shape index (κ1) is 12.1. The molecule has 0 radical (unpaired) electrons. The SMILES string of the molecule is CCc1ccsc1CNc1nc2ccc(F)cn2n1. The van der Waals surface area contributed by atoms with Gasteiger partial charge < -0.3 is 5.32 Å². The summed E-state index contributed by atoms with van der Waals surface area (Å²) in [5.74, 6) is 0.191. The van der Waals surface area contributed by atoms with Gasteiger partial charge in [0.2, 0.25) is 5.95 Å². The van der Waals surface area contributed by atoms with Crippen molar-refractivity contribution in [1.82, 2.24) is 14.6 Å². The predicted molar refractivity (Wildman–Crippen MR) is 74.0 cm³/mol. The van der Waals surface area contributed by atoms with Gasteiger partial charge in [0.1, 0.15) is 5.82 Å². The molecule has 6 heteroatoms. The summed E-state index contributed by atoms with van der Waals surface area (Å²) in [4.78, 5) is 5.57. The molecule has 0 aliphatic heterocycles. The smallest absolute Gasteiger partial charge is 0.243 e. The summed E-state index contributed by atoms with van der Waals surface area (Å²) >= 11 is 1.72. The van der Waals surface area contributed by atoms with Gasteiger partial charge in [0, 0.05) is 4.88 Å². The lowest BCUT2D eigenvalue weighted by Gasteiger charge is -2.01. The van der Waals surface area contributed by atoms with Gasteiger partial charge in [-0.15, -0.1) is 16.4 Å². The van der Waals surface area contributed by atoms with E-state index in [0.717, 1.165) is 6.42 Å². The number of hydrogen-bond donors (Lipinski definition) is 1. The monoisotopic (exact) mass is 276 g/mol. The number of pyridine rings is 1. The fourth-order valence-electron chi connectivity index (χ4n) is 1.93. The molecule has 0 aliphatic rings. The predicted octanol–water partition coefficient (Wildman–Crippen LogP) is 3.10. The topological polar surface area (TPSA) is 42.2 Å². The number of fused-ring (bicyclic) bond motifs is 1. The molecule has 0 fully saturated rings. The first-order valence-electron chi connectivity index (χ1n) is 6.07. The van der Waals surface area contributed by atoms with Crippen LogP contribution in [-0.2, 0) is 13.0 Å². The number of aryl methyl sites for hydroxylation is 1. The number of rotatable bonds is 4. The van der Waals surface area contributed by atoms with Crippen LogP contribution < -0.4 is 5.32 Å². The molecule has 19 heavy (non-hydrogen) atoms. The van der Waals surface area contributed by atoms with Gasteiger partial charge in [0.15, 0.2) is 5.65 Å². The summed E-state index contributed by atoms with van der Waals surface area (Å²) in [5, 5.41) is 9.45. The zero-order valence-electron chi connectivity index (χ0n) is 10.4. The van der Waals surface area contributed by atoms with E-state index in [1.54, 1.807) is 17.4 Å². The fourth-order valence-corrected chi connectivity index (χ4v) is 2.85. The highest BCUT2D eigenvalue weighted by Gasteiger charge is 2.06. The molecule has 98 valence electrons. The van der Waals surface area contributed by atoms with Crippen molar-refractivity contribution >= 4 is 22.9 Å². The van der Waals surface area contributed by atoms with Crippen molar-refractivity contribution < 1.29 is 4.39 Å². The fraction of sp³-hybridized carbons (Fsp3) is 0.231. The maximum Gasteiger partial charge on any atom is 0.243 e. The van der Waals surface area contributed by atoms with Crippen molar-refractivity contribution in [3.8, 4) is 0 Å². The lowest BCUT2D eigenvalue weighted by atomic mass is 10.2. The van der Waals surface area contributed by atoms with E-state index < -0.39 is 0 Å². The number of halogens is 1. The standard InChI is InChI=1S/C13H13FN4S/c1-2-9-5-6-19-11(9)7-15-13-16-12-4-3-10(14)8-18(12)17-13/h3-6,8H,2,7H2,1H3,(H,15,17). The minimum Gasteiger partial charge on any atom is -0.348 e. The van der Waals surface area contributed by atoms with Crippen molar-refractivity contribution in [2.45, 2.75) is 19.9 Å². The molecule has 0 unspecified atom stereocenters. The lowest BCUT2D eigenvalue weighted by molar-refractivity contribution is 0.615. The van der Waals surface area contributed by atoms with Crippen LogP contribution >= 0.6 is 11.3 Å². The summed E-state index contributed by atoms with van der Waals surface area (Å²) in [6.07, 6.45) is 2.33. The number of aromatic nitrogens is 3. The van der Waals surface area contributed by atoms with Gasteiger partial charge in [0.25, 0.3) is 0 Å². The van der Waals surface area contributed by atoms with Crippen LogP contribution in [0.15, 0.2) is 29.8 Å². The van der Waals surface area contributed by atoms with E-state index in [0.29, 0.717) is 18.1 Å². The molecule has 4 nitrogen and oxygen atoms in total. The molecule has 0 saturated carbocycles. The van der Waals surface area contributed by atoms with E-state index in [9.17, 15) is 4.39 Å². The van der Waals surface area contributed by atoms with Gasteiger partial charge in [0.05, 0.1) is 12.7 Å². The van der Waals surface area contributed by atoms with Crippen molar-refractivity contribution in [3.63, 3.8) is 0 Å². The van der Waals surface area contributed by atoms with Crippen molar-refractivity contribution in [2.24, 2.45) is 0 Å². The molecule has 0 aromatic carbocycles. The quantitative estimate of drug-likeness (QED) is 0.796. The van der Waals surface area contributed by atoms with Crippen LogP contribution in [-0.4, -0.2) is 14.6 Å².